The zero-order chi connectivity index (χ0) is 23.0. The van der Waals surface area contributed by atoms with Gasteiger partial charge in [0.15, 0.2) is 0 Å². The first-order valence-electron chi connectivity index (χ1n) is 9.83. The Morgan fingerprint density at radius 3 is 2.06 bits per heavy atom. The third-order valence-corrected chi connectivity index (χ3v) is 5.56. The first kappa shape index (κ1) is 21.5. The number of fused-ring (bicyclic) bond motifs is 3. The summed E-state index contributed by atoms with van der Waals surface area (Å²) < 4.78 is 45.2. The van der Waals surface area contributed by atoms with Crippen molar-refractivity contribution in [2.45, 2.75) is 5.92 Å². The van der Waals surface area contributed by atoms with Crippen molar-refractivity contribution < 1.29 is 32.4 Å². The van der Waals surface area contributed by atoms with Gasteiger partial charge in [0.2, 0.25) is 0 Å². The molecule has 0 spiro atoms. The van der Waals surface area contributed by atoms with E-state index in [1.54, 1.807) is 0 Å². The number of hydrogen-bond acceptors (Lipinski definition) is 3. The van der Waals surface area contributed by atoms with Gasteiger partial charge in [-0.1, -0.05) is 60.7 Å². The van der Waals surface area contributed by atoms with Gasteiger partial charge in [-0.25, -0.2) is 9.59 Å². The predicted octanol–water partition coefficient (Wildman–Crippen LogP) is 4.82. The van der Waals surface area contributed by atoms with Crippen LogP contribution in [0.4, 0.5) is 23.4 Å². The molecule has 9 heteroatoms. The summed E-state index contributed by atoms with van der Waals surface area (Å²) in [5.41, 5.74) is 2.22. The number of hydrogen-bond donors (Lipinski definition) is 1. The molecule has 0 bridgehead atoms. The number of nitrogens with zero attached hydrogens (tertiary/aromatic N) is 1. The minimum Gasteiger partial charge on any atom is -0.478 e. The molecule has 1 N–H and O–H groups in total. The summed E-state index contributed by atoms with van der Waals surface area (Å²) in [7, 11) is 1.24. The highest BCUT2D eigenvalue weighted by molar-refractivity contribution is 6.73. The lowest BCUT2D eigenvalue weighted by Gasteiger charge is -2.23. The predicted molar refractivity (Wildman–Crippen MR) is 116 cm³/mol. The van der Waals surface area contributed by atoms with Crippen LogP contribution in [-0.4, -0.2) is 37.8 Å². The van der Waals surface area contributed by atoms with Gasteiger partial charge in [0, 0.05) is 18.7 Å². The van der Waals surface area contributed by atoms with Crippen LogP contribution in [0.2, 0.25) is 0 Å². The molecule has 3 aromatic carbocycles. The summed E-state index contributed by atoms with van der Waals surface area (Å²) in [5.74, 6) is -1.73. The van der Waals surface area contributed by atoms with E-state index in [0.29, 0.717) is 6.07 Å². The number of anilines is 1. The maximum atomic E-state index is 13.2. The van der Waals surface area contributed by atoms with Gasteiger partial charge in [-0.3, -0.25) is 4.90 Å². The third kappa shape index (κ3) is 3.93. The number of ether oxygens (including phenoxy) is 1. The summed E-state index contributed by atoms with van der Waals surface area (Å²) in [6.45, 7) is -5.45. The van der Waals surface area contributed by atoms with Crippen molar-refractivity contribution in [3.8, 4) is 11.1 Å². The number of aromatic carboxylic acids is 1. The minimum atomic E-state index is -5.45. The van der Waals surface area contributed by atoms with Crippen LogP contribution in [0, 0.1) is 0 Å². The molecule has 1 aliphatic carbocycles. The molecule has 5 nitrogen and oxygen atoms in total. The van der Waals surface area contributed by atoms with Crippen LogP contribution in [0.25, 0.3) is 11.1 Å². The first-order chi connectivity index (χ1) is 15.2. The van der Waals surface area contributed by atoms with Crippen LogP contribution in [0.5, 0.6) is 0 Å². The average Bonchev–Trinajstić information content (AvgIpc) is 3.09. The number of carboxylic acids is 1. The topological polar surface area (TPSA) is 66.8 Å². The number of amides is 1. The Bertz CT molecular complexity index is 1170. The molecule has 1 amide bonds. The van der Waals surface area contributed by atoms with E-state index in [-0.39, 0.29) is 18.2 Å². The number of rotatable bonds is 5. The number of carbonyl (C=O) groups excluding carboxylic acids is 1. The van der Waals surface area contributed by atoms with Gasteiger partial charge < -0.3 is 22.8 Å². The van der Waals surface area contributed by atoms with Crippen LogP contribution < -0.4 is 10.4 Å². The van der Waals surface area contributed by atoms with Gasteiger partial charge in [-0.05, 0) is 28.3 Å². The fraction of sp³-hybridized carbons (Fsp3) is 0.130. The highest BCUT2D eigenvalue weighted by atomic mass is 19.4. The van der Waals surface area contributed by atoms with E-state index in [1.807, 2.05) is 48.5 Å². The number of halogens is 3. The lowest BCUT2D eigenvalue weighted by Crippen LogP contribution is -2.36. The zero-order valence-electron chi connectivity index (χ0n) is 17.0. The molecule has 4 rings (SSSR count). The van der Waals surface area contributed by atoms with Gasteiger partial charge in [0.05, 0.1) is 5.56 Å². The second kappa shape index (κ2) is 8.07. The molecule has 164 valence electrons. The highest BCUT2D eigenvalue weighted by Gasteiger charge is 2.31. The van der Waals surface area contributed by atoms with Crippen LogP contribution in [-0.2, 0) is 4.74 Å². The van der Waals surface area contributed by atoms with Crippen LogP contribution in [0.1, 0.15) is 27.4 Å². The molecule has 0 saturated heterocycles. The van der Waals surface area contributed by atoms with Crippen LogP contribution in [0.3, 0.4) is 0 Å². The molecule has 0 aliphatic heterocycles. The molecule has 0 fully saturated rings. The zero-order valence-corrected chi connectivity index (χ0v) is 17.0. The SMILES string of the molecule is CN(C(=O)OCC1c2ccccc2-c2ccccc21)c1cc(C(=O)O)cc([B-](F)(F)F)c1. The van der Waals surface area contributed by atoms with Gasteiger partial charge in [-0.2, -0.15) is 0 Å². The second-order valence-electron chi connectivity index (χ2n) is 7.56. The fourth-order valence-electron chi connectivity index (χ4n) is 3.94. The summed E-state index contributed by atoms with van der Waals surface area (Å²) >= 11 is 0. The monoisotopic (exact) mass is 440 g/mol. The largest absolute Gasteiger partial charge is 0.509 e. The Balaban J connectivity index is 1.57. The molecule has 0 atom stereocenters. The molecule has 3 aromatic rings. The van der Waals surface area contributed by atoms with Crippen LogP contribution >= 0.6 is 0 Å². The quantitative estimate of drug-likeness (QED) is 0.578. The molecular weight excluding hydrogens is 422 g/mol. The molecule has 1 aliphatic rings. The minimum absolute atomic E-state index is 0.00805. The van der Waals surface area contributed by atoms with E-state index >= 15 is 0 Å². The van der Waals surface area contributed by atoms with Crippen molar-refractivity contribution in [3.05, 3.63) is 83.4 Å². The molecule has 0 unspecified atom stereocenters. The van der Waals surface area contributed by atoms with Crippen molar-refractivity contribution in [3.63, 3.8) is 0 Å². The molecule has 0 saturated carbocycles. The first-order valence-corrected chi connectivity index (χ1v) is 9.83. The standard InChI is InChI=1S/C23H18BF3NO4/c1-28(16-11-14(22(29)30)10-15(12-16)24(25,26)27)23(31)32-13-21-19-8-4-2-6-17(19)18-7-3-5-9-20(18)21/h2-12,21H,13H2,1H3,(H,29,30)/q-1. The van der Waals surface area contributed by atoms with Crippen molar-refractivity contribution in [2.75, 3.05) is 18.6 Å². The summed E-state index contributed by atoms with van der Waals surface area (Å²) in [4.78, 5) is 24.8. The van der Waals surface area contributed by atoms with E-state index in [9.17, 15) is 22.5 Å². The summed E-state index contributed by atoms with van der Waals surface area (Å²) in [6.07, 6.45) is -0.880. The lowest BCUT2D eigenvalue weighted by molar-refractivity contribution is 0.0697. The molecule has 0 radical (unpaired) electrons. The molecule has 32 heavy (non-hydrogen) atoms. The maximum absolute atomic E-state index is 13.2. The Hall–Kier alpha value is -3.75. The molecule has 0 heterocycles. The highest BCUT2D eigenvalue weighted by Crippen LogP contribution is 2.44. The van der Waals surface area contributed by atoms with Gasteiger partial charge in [-0.15, -0.1) is 5.46 Å². The molecule has 0 aromatic heterocycles. The maximum Gasteiger partial charge on any atom is 0.509 e. The Morgan fingerprint density at radius 1 is 0.969 bits per heavy atom. The van der Waals surface area contributed by atoms with Crippen LogP contribution in [0.15, 0.2) is 66.7 Å². The molecular formula is C23H18BF3NO4-. The Kier molecular flexibility index (Phi) is 5.42. The van der Waals surface area contributed by atoms with E-state index in [0.717, 1.165) is 39.3 Å². The van der Waals surface area contributed by atoms with Crippen molar-refractivity contribution in [2.24, 2.45) is 0 Å². The van der Waals surface area contributed by atoms with E-state index < -0.39 is 30.1 Å². The van der Waals surface area contributed by atoms with Crippen molar-refractivity contribution in [1.29, 1.82) is 0 Å². The Morgan fingerprint density at radius 2 is 1.53 bits per heavy atom. The van der Waals surface area contributed by atoms with E-state index in [2.05, 4.69) is 0 Å². The average molecular weight is 440 g/mol. The second-order valence-corrected chi connectivity index (χ2v) is 7.56. The lowest BCUT2D eigenvalue weighted by atomic mass is 9.79. The van der Waals surface area contributed by atoms with Crippen molar-refractivity contribution >= 4 is 30.2 Å². The number of benzene rings is 3. The Labute approximate surface area is 182 Å². The van der Waals surface area contributed by atoms with Gasteiger partial charge >= 0.3 is 19.0 Å². The summed E-state index contributed by atoms with van der Waals surface area (Å²) in [5, 5.41) is 9.16. The number of carboxylic acid groups (broad SMARTS) is 1. The fourth-order valence-corrected chi connectivity index (χ4v) is 3.94. The third-order valence-electron chi connectivity index (χ3n) is 5.56. The van der Waals surface area contributed by atoms with Gasteiger partial charge in [0.25, 0.3) is 0 Å². The van der Waals surface area contributed by atoms with E-state index in [4.69, 9.17) is 9.84 Å². The smallest absolute Gasteiger partial charge is 0.478 e. The number of carbonyl (C=O) groups is 2. The van der Waals surface area contributed by atoms with Crippen molar-refractivity contribution in [1.82, 2.24) is 0 Å². The van der Waals surface area contributed by atoms with E-state index in [1.165, 1.54) is 7.05 Å². The normalized spacial score (nSPS) is 12.8. The summed E-state index contributed by atoms with van der Waals surface area (Å²) in [6, 6.07) is 17.8. The van der Waals surface area contributed by atoms with Gasteiger partial charge in [0.1, 0.15) is 6.61 Å².